The zero-order chi connectivity index (χ0) is 19.2. The van der Waals surface area contributed by atoms with Gasteiger partial charge in [0.05, 0.1) is 0 Å². The molecule has 0 unspecified atom stereocenters. The predicted molar refractivity (Wildman–Crippen MR) is 118 cm³/mol. The van der Waals surface area contributed by atoms with Gasteiger partial charge in [-0.15, -0.1) is 0 Å². The molecule has 0 aromatic carbocycles. The first-order chi connectivity index (χ1) is 13.0. The second-order valence-electron chi connectivity index (χ2n) is 8.10. The topological polar surface area (TPSA) is 56.3 Å². The molecule has 0 aliphatic carbocycles. The molecular formula is C20H34N6S. The van der Waals surface area contributed by atoms with Crippen molar-refractivity contribution < 1.29 is 0 Å². The molecule has 0 bridgehead atoms. The van der Waals surface area contributed by atoms with Crippen LogP contribution in [0, 0.1) is 0 Å². The van der Waals surface area contributed by atoms with Crippen molar-refractivity contribution in [3.8, 4) is 0 Å². The molecule has 2 saturated heterocycles. The molecule has 0 radical (unpaired) electrons. The Morgan fingerprint density at radius 3 is 2.37 bits per heavy atom. The van der Waals surface area contributed by atoms with Crippen LogP contribution < -0.4 is 20.4 Å². The third-order valence-electron chi connectivity index (χ3n) is 5.37. The smallest absolute Gasteiger partial charge is 0.232 e. The Kier molecular flexibility index (Phi) is 7.10. The molecule has 2 fully saturated rings. The first kappa shape index (κ1) is 20.1. The Morgan fingerprint density at radius 1 is 1.04 bits per heavy atom. The van der Waals surface area contributed by atoms with Crippen LogP contribution in [-0.4, -0.2) is 46.8 Å². The Morgan fingerprint density at radius 2 is 1.70 bits per heavy atom. The van der Waals surface area contributed by atoms with E-state index in [-0.39, 0.29) is 6.04 Å². The molecular weight excluding hydrogens is 356 g/mol. The van der Waals surface area contributed by atoms with Crippen LogP contribution in [0.25, 0.3) is 0 Å². The number of rotatable bonds is 4. The van der Waals surface area contributed by atoms with Crippen molar-refractivity contribution in [2.45, 2.75) is 77.8 Å². The van der Waals surface area contributed by atoms with Crippen molar-refractivity contribution in [3.05, 3.63) is 6.07 Å². The highest BCUT2D eigenvalue weighted by molar-refractivity contribution is 7.80. The highest BCUT2D eigenvalue weighted by Crippen LogP contribution is 2.28. The zero-order valence-electron chi connectivity index (χ0n) is 17.0. The third-order valence-corrected chi connectivity index (χ3v) is 5.59. The summed E-state index contributed by atoms with van der Waals surface area (Å²) in [6, 6.07) is 2.97. The third kappa shape index (κ3) is 5.67. The number of aromatic nitrogens is 2. The van der Waals surface area contributed by atoms with Gasteiger partial charge in [0.15, 0.2) is 5.11 Å². The molecule has 1 aromatic rings. The summed E-state index contributed by atoms with van der Waals surface area (Å²) in [5, 5.41) is 7.01. The molecule has 1 atom stereocenters. The number of hydrogen-bond donors (Lipinski definition) is 2. The molecule has 0 saturated carbocycles. The fourth-order valence-corrected chi connectivity index (χ4v) is 4.25. The molecule has 3 rings (SSSR count). The summed E-state index contributed by atoms with van der Waals surface area (Å²) >= 11 is 5.43. The van der Waals surface area contributed by atoms with Gasteiger partial charge in [-0.3, -0.25) is 0 Å². The Labute approximate surface area is 169 Å². The normalized spacial score (nSPS) is 21.1. The van der Waals surface area contributed by atoms with E-state index in [1.807, 2.05) is 0 Å². The highest BCUT2D eigenvalue weighted by atomic mass is 32.1. The lowest BCUT2D eigenvalue weighted by Crippen LogP contribution is -2.39. The van der Waals surface area contributed by atoms with Crippen LogP contribution in [0.15, 0.2) is 6.07 Å². The molecule has 1 aromatic heterocycles. The van der Waals surface area contributed by atoms with Crippen molar-refractivity contribution in [3.63, 3.8) is 0 Å². The summed E-state index contributed by atoms with van der Waals surface area (Å²) < 4.78 is 0. The predicted octanol–water partition coefficient (Wildman–Crippen LogP) is 3.93. The molecule has 2 N–H and O–H groups in total. The maximum absolute atomic E-state index is 5.43. The summed E-state index contributed by atoms with van der Waals surface area (Å²) in [5.41, 5.74) is 0. The molecule has 3 heterocycles. The summed E-state index contributed by atoms with van der Waals surface area (Å²) in [6.45, 7) is 9.64. The molecule has 7 heteroatoms. The van der Waals surface area contributed by atoms with Crippen LogP contribution in [-0.2, 0) is 0 Å². The van der Waals surface area contributed by atoms with E-state index in [0.717, 1.165) is 31.3 Å². The minimum absolute atomic E-state index is 0.278. The van der Waals surface area contributed by atoms with Gasteiger partial charge in [-0.2, -0.15) is 9.97 Å². The second kappa shape index (κ2) is 9.53. The number of nitrogens with one attached hydrogen (secondary N) is 2. The van der Waals surface area contributed by atoms with Crippen molar-refractivity contribution in [1.29, 1.82) is 0 Å². The highest BCUT2D eigenvalue weighted by Gasteiger charge is 2.22. The number of thiocarbonyl (C=S) groups is 1. The van der Waals surface area contributed by atoms with E-state index in [1.165, 1.54) is 44.9 Å². The van der Waals surface area contributed by atoms with Gasteiger partial charge in [0.1, 0.15) is 11.6 Å². The standard InChI is InChI=1S/C20H34N6S/c1-15(2)21-20(27)24-19-22-17(25-11-7-4-5-8-12-25)14-18(23-19)26-13-9-6-10-16(26)3/h14-16H,4-13H2,1-3H3,(H2,21,22,23,24,27)/t16-/m0/s1. The summed E-state index contributed by atoms with van der Waals surface area (Å²) in [6.07, 6.45) is 8.83. The van der Waals surface area contributed by atoms with E-state index in [1.54, 1.807) is 0 Å². The number of anilines is 3. The Bertz CT molecular complexity index is 627. The van der Waals surface area contributed by atoms with Crippen molar-refractivity contribution in [1.82, 2.24) is 15.3 Å². The molecule has 6 nitrogen and oxygen atoms in total. The average Bonchev–Trinajstić information content (AvgIpc) is 2.90. The van der Waals surface area contributed by atoms with Crippen LogP contribution in [0.3, 0.4) is 0 Å². The van der Waals surface area contributed by atoms with Crippen LogP contribution in [0.1, 0.15) is 65.7 Å². The SMILES string of the molecule is CC(C)NC(=S)Nc1nc(N2CCCCCC2)cc(N2CCCC[C@@H]2C)n1. The van der Waals surface area contributed by atoms with E-state index >= 15 is 0 Å². The van der Waals surface area contributed by atoms with Crippen LogP contribution >= 0.6 is 12.2 Å². The maximum atomic E-state index is 5.43. The molecule has 150 valence electrons. The second-order valence-corrected chi connectivity index (χ2v) is 8.51. The minimum atomic E-state index is 0.278. The molecule has 2 aliphatic heterocycles. The van der Waals surface area contributed by atoms with Gasteiger partial charge >= 0.3 is 0 Å². The average molecular weight is 391 g/mol. The van der Waals surface area contributed by atoms with E-state index in [4.69, 9.17) is 22.2 Å². The van der Waals surface area contributed by atoms with Gasteiger partial charge in [-0.05, 0) is 65.1 Å². The molecule has 27 heavy (non-hydrogen) atoms. The van der Waals surface area contributed by atoms with Crippen molar-refractivity contribution >= 4 is 34.9 Å². The van der Waals surface area contributed by atoms with Gasteiger partial charge in [-0.25, -0.2) is 0 Å². The molecule has 0 spiro atoms. The van der Waals surface area contributed by atoms with Gasteiger partial charge in [0.2, 0.25) is 5.95 Å². The molecule has 2 aliphatic rings. The fourth-order valence-electron chi connectivity index (χ4n) is 3.93. The van der Waals surface area contributed by atoms with Crippen molar-refractivity contribution in [2.75, 3.05) is 34.8 Å². The van der Waals surface area contributed by atoms with Crippen LogP contribution in [0.2, 0.25) is 0 Å². The Hall–Kier alpha value is -1.63. The van der Waals surface area contributed by atoms with E-state index in [2.05, 4.69) is 47.3 Å². The summed E-state index contributed by atoms with van der Waals surface area (Å²) in [5.74, 6) is 2.64. The summed E-state index contributed by atoms with van der Waals surface area (Å²) in [4.78, 5) is 14.5. The van der Waals surface area contributed by atoms with Crippen molar-refractivity contribution in [2.24, 2.45) is 0 Å². The van der Waals surface area contributed by atoms with E-state index < -0.39 is 0 Å². The summed E-state index contributed by atoms with van der Waals surface area (Å²) in [7, 11) is 0. The zero-order valence-corrected chi connectivity index (χ0v) is 17.8. The number of piperidine rings is 1. The number of nitrogens with zero attached hydrogens (tertiary/aromatic N) is 4. The van der Waals surface area contributed by atoms with Gasteiger partial charge in [0, 0.05) is 37.8 Å². The lowest BCUT2D eigenvalue weighted by molar-refractivity contribution is 0.481. The first-order valence-corrected chi connectivity index (χ1v) is 10.9. The maximum Gasteiger partial charge on any atom is 0.232 e. The van der Waals surface area contributed by atoms with Gasteiger partial charge < -0.3 is 20.4 Å². The van der Waals surface area contributed by atoms with Gasteiger partial charge in [0.25, 0.3) is 0 Å². The minimum Gasteiger partial charge on any atom is -0.360 e. The van der Waals surface area contributed by atoms with Crippen LogP contribution in [0.4, 0.5) is 17.6 Å². The quantitative estimate of drug-likeness (QED) is 0.755. The lowest BCUT2D eigenvalue weighted by atomic mass is 10.0. The fraction of sp³-hybridized carbons (Fsp3) is 0.750. The van der Waals surface area contributed by atoms with E-state index in [0.29, 0.717) is 17.1 Å². The lowest BCUT2D eigenvalue weighted by Gasteiger charge is -2.35. The number of hydrogen-bond acceptors (Lipinski definition) is 5. The van der Waals surface area contributed by atoms with Crippen LogP contribution in [0.5, 0.6) is 0 Å². The van der Waals surface area contributed by atoms with Gasteiger partial charge in [-0.1, -0.05) is 12.8 Å². The molecule has 0 amide bonds. The monoisotopic (exact) mass is 390 g/mol. The largest absolute Gasteiger partial charge is 0.360 e. The Balaban J connectivity index is 1.87. The van der Waals surface area contributed by atoms with E-state index in [9.17, 15) is 0 Å². The first-order valence-electron chi connectivity index (χ1n) is 10.5.